The van der Waals surface area contributed by atoms with E-state index in [-0.39, 0.29) is 18.4 Å². The second-order valence-electron chi connectivity index (χ2n) is 4.05. The first kappa shape index (κ1) is 14.4. The molecule has 0 radical (unpaired) electrons. The number of likely N-dealkylation sites (N-methyl/N-ethyl adjacent to an activating group) is 1. The number of esters is 1. The van der Waals surface area contributed by atoms with Gasteiger partial charge >= 0.3 is 5.97 Å². The molecule has 18 heavy (non-hydrogen) atoms. The Balaban J connectivity index is 2.63. The van der Waals surface area contributed by atoms with Gasteiger partial charge in [0.15, 0.2) is 0 Å². The first-order valence-electron chi connectivity index (χ1n) is 5.76. The number of hydrogen-bond acceptors (Lipinski definition) is 4. The lowest BCUT2D eigenvalue weighted by Crippen LogP contribution is -2.53. The van der Waals surface area contributed by atoms with Gasteiger partial charge in [0.05, 0.1) is 6.61 Å². The Kier molecular flexibility index (Phi) is 5.09. The Morgan fingerprint density at radius 2 is 2.00 bits per heavy atom. The van der Waals surface area contributed by atoms with Crippen molar-refractivity contribution in [2.75, 3.05) is 20.3 Å². The number of rotatable bonds is 6. The molecule has 0 aliphatic rings. The molecule has 1 aromatic rings. The summed E-state index contributed by atoms with van der Waals surface area (Å²) in [6.45, 7) is 3.85. The van der Waals surface area contributed by atoms with Crippen molar-refractivity contribution in [3.05, 3.63) is 30.1 Å². The third-order valence-corrected chi connectivity index (χ3v) is 2.62. The molecule has 1 atom stereocenters. The minimum Gasteiger partial charge on any atom is -0.491 e. The van der Waals surface area contributed by atoms with Crippen LogP contribution in [0, 0.1) is 5.82 Å². The molecule has 100 valence electrons. The molecular weight excluding hydrogens is 237 g/mol. The van der Waals surface area contributed by atoms with Gasteiger partial charge in [0.25, 0.3) is 0 Å². The lowest BCUT2D eigenvalue weighted by Gasteiger charge is -2.26. The van der Waals surface area contributed by atoms with Crippen LogP contribution in [-0.4, -0.2) is 31.8 Å². The Hall–Kier alpha value is -1.62. The van der Waals surface area contributed by atoms with Crippen LogP contribution in [-0.2, 0) is 9.53 Å². The highest BCUT2D eigenvalue weighted by atomic mass is 19.1. The maximum Gasteiger partial charge on any atom is 0.329 e. The van der Waals surface area contributed by atoms with Gasteiger partial charge in [0.1, 0.15) is 23.7 Å². The fraction of sp³-hybridized carbons (Fsp3) is 0.462. The first-order chi connectivity index (χ1) is 8.51. The van der Waals surface area contributed by atoms with Crippen molar-refractivity contribution in [1.82, 2.24) is 5.32 Å². The van der Waals surface area contributed by atoms with E-state index >= 15 is 0 Å². The summed E-state index contributed by atoms with van der Waals surface area (Å²) in [6, 6.07) is 5.62. The van der Waals surface area contributed by atoms with Crippen LogP contribution in [0.4, 0.5) is 4.39 Å². The van der Waals surface area contributed by atoms with E-state index in [1.165, 1.54) is 24.3 Å². The summed E-state index contributed by atoms with van der Waals surface area (Å²) in [5.74, 6) is -0.207. The van der Waals surface area contributed by atoms with Gasteiger partial charge in [-0.3, -0.25) is 0 Å². The summed E-state index contributed by atoms with van der Waals surface area (Å²) >= 11 is 0. The normalized spacial score (nSPS) is 13.8. The SMILES string of the molecule is CCOC(=O)C(C)(COc1ccc(F)cc1)NC. The van der Waals surface area contributed by atoms with Gasteiger partial charge < -0.3 is 14.8 Å². The van der Waals surface area contributed by atoms with Crippen LogP contribution in [0.25, 0.3) is 0 Å². The molecule has 1 rings (SSSR count). The zero-order valence-electron chi connectivity index (χ0n) is 10.8. The maximum atomic E-state index is 12.7. The number of halogens is 1. The predicted molar refractivity (Wildman–Crippen MR) is 66.0 cm³/mol. The van der Waals surface area contributed by atoms with Crippen LogP contribution in [0.2, 0.25) is 0 Å². The molecule has 0 bridgehead atoms. The van der Waals surface area contributed by atoms with Gasteiger partial charge in [-0.2, -0.15) is 0 Å². The molecule has 0 saturated heterocycles. The second kappa shape index (κ2) is 6.35. The first-order valence-corrected chi connectivity index (χ1v) is 5.76. The van der Waals surface area contributed by atoms with Crippen LogP contribution in [0.3, 0.4) is 0 Å². The van der Waals surface area contributed by atoms with Crippen molar-refractivity contribution in [2.24, 2.45) is 0 Å². The molecule has 0 aliphatic heterocycles. The van der Waals surface area contributed by atoms with Crippen molar-refractivity contribution in [3.8, 4) is 5.75 Å². The summed E-state index contributed by atoms with van der Waals surface area (Å²) in [4.78, 5) is 11.7. The Labute approximate surface area is 106 Å². The summed E-state index contributed by atoms with van der Waals surface area (Å²) in [7, 11) is 1.66. The van der Waals surface area contributed by atoms with Gasteiger partial charge in [0.2, 0.25) is 0 Å². The third kappa shape index (κ3) is 3.70. The monoisotopic (exact) mass is 255 g/mol. The van der Waals surface area contributed by atoms with Crippen LogP contribution in [0.5, 0.6) is 5.75 Å². The predicted octanol–water partition coefficient (Wildman–Crippen LogP) is 1.75. The quantitative estimate of drug-likeness (QED) is 0.787. The fourth-order valence-corrected chi connectivity index (χ4v) is 1.28. The highest BCUT2D eigenvalue weighted by molar-refractivity contribution is 5.80. The van der Waals surface area contributed by atoms with E-state index in [2.05, 4.69) is 5.32 Å². The third-order valence-electron chi connectivity index (χ3n) is 2.62. The van der Waals surface area contributed by atoms with Crippen molar-refractivity contribution >= 4 is 5.97 Å². The Morgan fingerprint density at radius 3 is 2.50 bits per heavy atom. The smallest absolute Gasteiger partial charge is 0.329 e. The van der Waals surface area contributed by atoms with E-state index < -0.39 is 5.54 Å². The minimum atomic E-state index is -0.926. The van der Waals surface area contributed by atoms with Gasteiger partial charge in [-0.15, -0.1) is 0 Å². The van der Waals surface area contributed by atoms with Crippen LogP contribution >= 0.6 is 0 Å². The molecule has 0 aromatic heterocycles. The minimum absolute atomic E-state index is 0.105. The van der Waals surface area contributed by atoms with Crippen LogP contribution < -0.4 is 10.1 Å². The number of benzene rings is 1. The fourth-order valence-electron chi connectivity index (χ4n) is 1.28. The summed E-state index contributed by atoms with van der Waals surface area (Å²) in [5.41, 5.74) is -0.926. The molecule has 0 amide bonds. The Morgan fingerprint density at radius 1 is 1.39 bits per heavy atom. The number of hydrogen-bond donors (Lipinski definition) is 1. The molecule has 1 aromatic carbocycles. The van der Waals surface area contributed by atoms with E-state index in [4.69, 9.17) is 9.47 Å². The average molecular weight is 255 g/mol. The molecule has 4 nitrogen and oxygen atoms in total. The molecule has 0 aliphatic carbocycles. The highest BCUT2D eigenvalue weighted by Crippen LogP contribution is 2.14. The van der Waals surface area contributed by atoms with Crippen LogP contribution in [0.1, 0.15) is 13.8 Å². The second-order valence-corrected chi connectivity index (χ2v) is 4.05. The number of carbonyl (C=O) groups is 1. The molecule has 0 fully saturated rings. The number of carbonyl (C=O) groups excluding carboxylic acids is 1. The van der Waals surface area contributed by atoms with E-state index in [0.29, 0.717) is 12.4 Å². The molecule has 0 spiro atoms. The number of ether oxygens (including phenoxy) is 2. The number of nitrogens with one attached hydrogen (secondary N) is 1. The topological polar surface area (TPSA) is 47.6 Å². The van der Waals surface area contributed by atoms with E-state index in [1.807, 2.05) is 0 Å². The molecule has 0 heterocycles. The highest BCUT2D eigenvalue weighted by Gasteiger charge is 2.34. The molecule has 1 unspecified atom stereocenters. The van der Waals surface area contributed by atoms with Gasteiger partial charge in [-0.05, 0) is 45.2 Å². The van der Waals surface area contributed by atoms with Crippen molar-refractivity contribution < 1.29 is 18.7 Å². The Bertz CT molecular complexity index is 394. The average Bonchev–Trinajstić information content (AvgIpc) is 2.38. The standard InChI is InChI=1S/C13H18FNO3/c1-4-17-12(16)13(2,15-3)9-18-11-7-5-10(14)6-8-11/h5-8,15H,4,9H2,1-3H3. The van der Waals surface area contributed by atoms with Gasteiger partial charge in [-0.1, -0.05) is 0 Å². The summed E-state index contributed by atoms with van der Waals surface area (Å²) < 4.78 is 23.1. The van der Waals surface area contributed by atoms with Crippen molar-refractivity contribution in [1.29, 1.82) is 0 Å². The molecular formula is C13H18FNO3. The maximum absolute atomic E-state index is 12.7. The molecule has 1 N–H and O–H groups in total. The lowest BCUT2D eigenvalue weighted by atomic mass is 10.1. The zero-order valence-corrected chi connectivity index (χ0v) is 10.8. The van der Waals surface area contributed by atoms with Crippen molar-refractivity contribution in [2.45, 2.75) is 19.4 Å². The van der Waals surface area contributed by atoms with Gasteiger partial charge in [-0.25, -0.2) is 9.18 Å². The van der Waals surface area contributed by atoms with Gasteiger partial charge in [0, 0.05) is 0 Å². The van der Waals surface area contributed by atoms with E-state index in [9.17, 15) is 9.18 Å². The zero-order chi connectivity index (χ0) is 13.6. The van der Waals surface area contributed by atoms with E-state index in [1.54, 1.807) is 20.9 Å². The molecule has 5 heteroatoms. The largest absolute Gasteiger partial charge is 0.491 e. The molecule has 0 saturated carbocycles. The van der Waals surface area contributed by atoms with E-state index in [0.717, 1.165) is 0 Å². The van der Waals surface area contributed by atoms with Crippen LogP contribution in [0.15, 0.2) is 24.3 Å². The van der Waals surface area contributed by atoms with Crippen molar-refractivity contribution in [3.63, 3.8) is 0 Å². The summed E-state index contributed by atoms with van der Waals surface area (Å²) in [6.07, 6.45) is 0. The lowest BCUT2D eigenvalue weighted by molar-refractivity contribution is -0.151. The summed E-state index contributed by atoms with van der Waals surface area (Å²) in [5, 5.41) is 2.87.